The maximum Gasteiger partial charge on any atom is 0.238 e. The summed E-state index contributed by atoms with van der Waals surface area (Å²) < 4.78 is 0. The Morgan fingerprint density at radius 3 is 2.52 bits per heavy atom. The first kappa shape index (κ1) is 15.7. The molecular formula is C16H21N3OS. The topological polar surface area (TPSA) is 58.4 Å². The van der Waals surface area contributed by atoms with Gasteiger partial charge in [0.1, 0.15) is 0 Å². The molecule has 1 amide bonds. The number of carbonyl (C=O) groups is 1. The number of amides is 1. The van der Waals surface area contributed by atoms with Gasteiger partial charge in [0.25, 0.3) is 0 Å². The normalized spacial score (nSPS) is 12.4. The standard InChI is InChI=1S/C16H21N3OS/c1-12(15-4-3-9-21-15)19(2)11-14-7-5-13(6-8-14)10-16(20)18-17/h3-9,12H,10-11,17H2,1-2H3,(H,18,20). The highest BCUT2D eigenvalue weighted by molar-refractivity contribution is 7.10. The number of hydrazine groups is 1. The number of thiophene rings is 1. The molecule has 0 bridgehead atoms. The van der Waals surface area contributed by atoms with Gasteiger partial charge in [-0.25, -0.2) is 5.84 Å². The molecule has 1 aromatic carbocycles. The van der Waals surface area contributed by atoms with Gasteiger partial charge in [-0.2, -0.15) is 0 Å². The fourth-order valence-electron chi connectivity index (χ4n) is 2.17. The summed E-state index contributed by atoms with van der Waals surface area (Å²) in [5.41, 5.74) is 4.35. The molecule has 1 atom stereocenters. The number of carbonyl (C=O) groups excluding carboxylic acids is 1. The summed E-state index contributed by atoms with van der Waals surface area (Å²) in [7, 11) is 2.13. The van der Waals surface area contributed by atoms with Crippen LogP contribution in [-0.2, 0) is 17.8 Å². The molecular weight excluding hydrogens is 282 g/mol. The number of rotatable bonds is 6. The highest BCUT2D eigenvalue weighted by Gasteiger charge is 2.12. The molecule has 0 saturated heterocycles. The van der Waals surface area contributed by atoms with Crippen LogP contribution in [0.25, 0.3) is 0 Å². The maximum atomic E-state index is 11.2. The Bertz CT molecular complexity index is 566. The van der Waals surface area contributed by atoms with Crippen molar-refractivity contribution >= 4 is 17.2 Å². The van der Waals surface area contributed by atoms with Crippen molar-refractivity contribution in [1.29, 1.82) is 0 Å². The predicted octanol–water partition coefficient (Wildman–Crippen LogP) is 2.47. The fraction of sp³-hybridized carbons (Fsp3) is 0.312. The van der Waals surface area contributed by atoms with E-state index in [0.717, 1.165) is 12.1 Å². The van der Waals surface area contributed by atoms with Crippen molar-refractivity contribution in [3.8, 4) is 0 Å². The third kappa shape index (κ3) is 4.39. The average molecular weight is 303 g/mol. The van der Waals surface area contributed by atoms with Crippen LogP contribution in [0.3, 0.4) is 0 Å². The molecule has 21 heavy (non-hydrogen) atoms. The van der Waals surface area contributed by atoms with Crippen LogP contribution in [0.2, 0.25) is 0 Å². The van der Waals surface area contributed by atoms with Crippen LogP contribution >= 0.6 is 11.3 Å². The van der Waals surface area contributed by atoms with Gasteiger partial charge in [0.05, 0.1) is 6.42 Å². The number of hydrogen-bond acceptors (Lipinski definition) is 4. The van der Waals surface area contributed by atoms with Gasteiger partial charge in [0.2, 0.25) is 5.91 Å². The fourth-order valence-corrected chi connectivity index (χ4v) is 3.02. The summed E-state index contributed by atoms with van der Waals surface area (Å²) >= 11 is 1.78. The lowest BCUT2D eigenvalue weighted by atomic mass is 10.1. The quantitative estimate of drug-likeness (QED) is 0.490. The molecule has 0 spiro atoms. The Morgan fingerprint density at radius 2 is 1.95 bits per heavy atom. The van der Waals surface area contributed by atoms with Crippen LogP contribution in [0, 0.1) is 0 Å². The van der Waals surface area contributed by atoms with E-state index >= 15 is 0 Å². The van der Waals surface area contributed by atoms with Crippen LogP contribution in [-0.4, -0.2) is 17.9 Å². The largest absolute Gasteiger partial charge is 0.295 e. The lowest BCUT2D eigenvalue weighted by molar-refractivity contribution is -0.120. The van der Waals surface area contributed by atoms with Gasteiger partial charge in [-0.15, -0.1) is 11.3 Å². The second-order valence-electron chi connectivity index (χ2n) is 5.17. The Hall–Kier alpha value is -1.69. The third-order valence-electron chi connectivity index (χ3n) is 3.60. The molecule has 0 aliphatic carbocycles. The summed E-state index contributed by atoms with van der Waals surface area (Å²) in [5, 5.41) is 2.11. The van der Waals surface area contributed by atoms with E-state index in [0.29, 0.717) is 12.5 Å². The van der Waals surface area contributed by atoms with E-state index in [1.54, 1.807) is 11.3 Å². The number of nitrogens with one attached hydrogen (secondary N) is 1. The highest BCUT2D eigenvalue weighted by Crippen LogP contribution is 2.24. The van der Waals surface area contributed by atoms with E-state index in [2.05, 4.69) is 53.9 Å². The second-order valence-corrected chi connectivity index (χ2v) is 6.15. The minimum atomic E-state index is -0.175. The maximum absolute atomic E-state index is 11.2. The first-order chi connectivity index (χ1) is 10.1. The lowest BCUT2D eigenvalue weighted by Gasteiger charge is -2.23. The second kappa shape index (κ2) is 7.36. The van der Waals surface area contributed by atoms with Crippen molar-refractivity contribution < 1.29 is 4.79 Å². The molecule has 2 rings (SSSR count). The van der Waals surface area contributed by atoms with Crippen LogP contribution in [0.1, 0.15) is 29.0 Å². The lowest BCUT2D eigenvalue weighted by Crippen LogP contribution is -2.31. The number of nitrogens with zero attached hydrogens (tertiary/aromatic N) is 1. The molecule has 0 radical (unpaired) electrons. The minimum Gasteiger partial charge on any atom is -0.295 e. The molecule has 0 aliphatic rings. The zero-order valence-corrected chi connectivity index (χ0v) is 13.2. The minimum absolute atomic E-state index is 0.175. The summed E-state index contributed by atoms with van der Waals surface area (Å²) in [4.78, 5) is 14.9. The Kier molecular flexibility index (Phi) is 5.50. The molecule has 1 aromatic heterocycles. The van der Waals surface area contributed by atoms with Crippen molar-refractivity contribution in [1.82, 2.24) is 10.3 Å². The van der Waals surface area contributed by atoms with E-state index in [4.69, 9.17) is 5.84 Å². The van der Waals surface area contributed by atoms with Gasteiger partial charge in [-0.05, 0) is 36.5 Å². The molecule has 2 aromatic rings. The summed E-state index contributed by atoms with van der Waals surface area (Å²) in [6.45, 7) is 3.09. The zero-order valence-electron chi connectivity index (χ0n) is 12.4. The van der Waals surface area contributed by atoms with E-state index in [-0.39, 0.29) is 5.91 Å². The van der Waals surface area contributed by atoms with Crippen molar-refractivity contribution in [2.45, 2.75) is 25.9 Å². The monoisotopic (exact) mass is 303 g/mol. The van der Waals surface area contributed by atoms with Gasteiger partial charge in [0.15, 0.2) is 0 Å². The van der Waals surface area contributed by atoms with Gasteiger partial charge in [-0.3, -0.25) is 15.1 Å². The van der Waals surface area contributed by atoms with Crippen molar-refractivity contribution in [3.05, 3.63) is 57.8 Å². The summed E-state index contributed by atoms with van der Waals surface area (Å²) in [6.07, 6.45) is 0.318. The smallest absolute Gasteiger partial charge is 0.238 e. The third-order valence-corrected chi connectivity index (χ3v) is 4.64. The van der Waals surface area contributed by atoms with Crippen molar-refractivity contribution in [2.75, 3.05) is 7.05 Å². The average Bonchev–Trinajstić information content (AvgIpc) is 3.02. The molecule has 4 nitrogen and oxygen atoms in total. The molecule has 0 saturated carbocycles. The van der Waals surface area contributed by atoms with Crippen LogP contribution in [0.5, 0.6) is 0 Å². The molecule has 0 fully saturated rings. The van der Waals surface area contributed by atoms with Crippen LogP contribution in [0.15, 0.2) is 41.8 Å². The van der Waals surface area contributed by atoms with E-state index in [1.165, 1.54) is 10.4 Å². The van der Waals surface area contributed by atoms with Crippen LogP contribution in [0.4, 0.5) is 0 Å². The van der Waals surface area contributed by atoms with Gasteiger partial charge < -0.3 is 0 Å². The first-order valence-corrected chi connectivity index (χ1v) is 7.79. The predicted molar refractivity (Wildman–Crippen MR) is 86.7 cm³/mol. The molecule has 1 heterocycles. The molecule has 1 unspecified atom stereocenters. The van der Waals surface area contributed by atoms with Crippen LogP contribution < -0.4 is 11.3 Å². The summed E-state index contributed by atoms with van der Waals surface area (Å²) in [5.74, 6) is 4.92. The molecule has 112 valence electrons. The van der Waals surface area contributed by atoms with Gasteiger partial charge in [-0.1, -0.05) is 30.3 Å². The van der Waals surface area contributed by atoms with E-state index in [9.17, 15) is 4.79 Å². The summed E-state index contributed by atoms with van der Waals surface area (Å²) in [6, 6.07) is 12.7. The van der Waals surface area contributed by atoms with Crippen molar-refractivity contribution in [2.24, 2.45) is 5.84 Å². The SMILES string of the molecule is CC(c1cccs1)N(C)Cc1ccc(CC(=O)NN)cc1. The highest BCUT2D eigenvalue weighted by atomic mass is 32.1. The van der Waals surface area contributed by atoms with E-state index in [1.807, 2.05) is 12.1 Å². The number of benzene rings is 1. The number of hydrogen-bond donors (Lipinski definition) is 2. The Labute approximate surface area is 129 Å². The Morgan fingerprint density at radius 1 is 1.29 bits per heavy atom. The van der Waals surface area contributed by atoms with Crippen molar-refractivity contribution in [3.63, 3.8) is 0 Å². The van der Waals surface area contributed by atoms with E-state index < -0.39 is 0 Å². The Balaban J connectivity index is 1.95. The molecule has 5 heteroatoms. The zero-order chi connectivity index (χ0) is 15.2. The first-order valence-electron chi connectivity index (χ1n) is 6.91. The number of nitrogens with two attached hydrogens (primary N) is 1. The van der Waals surface area contributed by atoms with Gasteiger partial charge >= 0.3 is 0 Å². The molecule has 3 N–H and O–H groups in total. The van der Waals surface area contributed by atoms with Gasteiger partial charge in [0, 0.05) is 17.5 Å². The molecule has 0 aliphatic heterocycles.